The maximum Gasteiger partial charge on any atom is 0.179 e. The molecule has 0 aliphatic heterocycles. The second kappa shape index (κ2) is 16.2. The lowest BCUT2D eigenvalue weighted by Crippen LogP contribution is -2.34. The first kappa shape index (κ1) is 27.5. The van der Waals surface area contributed by atoms with Gasteiger partial charge in [0.15, 0.2) is 9.04 Å². The molecule has 31 heavy (non-hydrogen) atoms. The molecule has 0 aliphatic rings. The minimum atomic E-state index is -1.25. The Bertz CT molecular complexity index is 623. The van der Waals surface area contributed by atoms with Gasteiger partial charge in [0, 0.05) is 6.61 Å². The highest BCUT2D eigenvalue weighted by Crippen LogP contribution is 2.46. The van der Waals surface area contributed by atoms with Crippen LogP contribution in [0.1, 0.15) is 103 Å². The smallest absolute Gasteiger partial charge is 0.179 e. The summed E-state index contributed by atoms with van der Waals surface area (Å²) in [6.45, 7) is 10.9. The molecule has 0 spiro atoms. The summed E-state index contributed by atoms with van der Waals surface area (Å²) < 4.78 is 12.3. The maximum atomic E-state index is 9.23. The zero-order valence-corrected chi connectivity index (χ0v) is 21.7. The number of nitrogens with two attached hydrogens (primary N) is 1. The summed E-state index contributed by atoms with van der Waals surface area (Å²) >= 11 is 0. The van der Waals surface area contributed by atoms with E-state index >= 15 is 0 Å². The monoisotopic (exact) mass is 446 g/mol. The lowest BCUT2D eigenvalue weighted by molar-refractivity contribution is 0.254. The highest BCUT2D eigenvalue weighted by Gasteiger charge is 2.36. The number of rotatable bonds is 18. The zero-order valence-electron chi connectivity index (χ0n) is 20.5. The van der Waals surface area contributed by atoms with Crippen molar-refractivity contribution in [2.45, 2.75) is 109 Å². The van der Waals surface area contributed by atoms with Crippen molar-refractivity contribution in [2.75, 3.05) is 18.9 Å². The van der Waals surface area contributed by atoms with Gasteiger partial charge in [0.05, 0.1) is 12.3 Å². The topological polar surface area (TPSA) is 68.3 Å². The summed E-state index contributed by atoms with van der Waals surface area (Å²) in [6, 6.07) is 7.50. The Morgan fingerprint density at radius 1 is 0.903 bits per heavy atom. The molecule has 0 amide bonds. The van der Waals surface area contributed by atoms with Crippen LogP contribution in [0.5, 0.6) is 5.75 Å². The molecule has 0 fully saturated rings. The third-order valence-electron chi connectivity index (χ3n) is 6.53. The second-order valence-corrected chi connectivity index (χ2v) is 11.8. The first-order chi connectivity index (χ1) is 15.0. The molecule has 0 heterocycles. The summed E-state index contributed by atoms with van der Waals surface area (Å²) in [6.07, 6.45) is 15.0. The molecule has 2 N–H and O–H groups in total. The normalized spacial score (nSPS) is 12.5. The molecule has 176 valence electrons. The highest BCUT2D eigenvalue weighted by molar-refractivity contribution is 6.54. The van der Waals surface area contributed by atoms with E-state index < -0.39 is 9.04 Å². The molecule has 1 aromatic rings. The predicted molar refractivity (Wildman–Crippen MR) is 135 cm³/mol. The lowest BCUT2D eigenvalue weighted by Gasteiger charge is -2.39. The summed E-state index contributed by atoms with van der Waals surface area (Å²) in [5.74, 6) is 0.590. The van der Waals surface area contributed by atoms with Gasteiger partial charge in [-0.2, -0.15) is 5.26 Å². The van der Waals surface area contributed by atoms with Gasteiger partial charge >= 0.3 is 0 Å². The third kappa shape index (κ3) is 9.66. The van der Waals surface area contributed by atoms with Gasteiger partial charge in [-0.1, -0.05) is 65.4 Å². The average molecular weight is 447 g/mol. The van der Waals surface area contributed by atoms with Crippen molar-refractivity contribution in [3.63, 3.8) is 0 Å². The fraction of sp³-hybridized carbons (Fsp3) is 0.731. The minimum absolute atomic E-state index is 0.438. The zero-order chi connectivity index (χ0) is 23.0. The number of benzene rings is 1. The van der Waals surface area contributed by atoms with Crippen molar-refractivity contribution in [1.29, 1.82) is 5.26 Å². The molecule has 0 aliphatic carbocycles. The van der Waals surface area contributed by atoms with E-state index in [1.165, 1.54) is 57.8 Å². The van der Waals surface area contributed by atoms with Crippen molar-refractivity contribution >= 4 is 14.7 Å². The van der Waals surface area contributed by atoms with Crippen LogP contribution in [-0.2, 0) is 4.43 Å². The van der Waals surface area contributed by atoms with Crippen LogP contribution < -0.4 is 10.5 Å². The van der Waals surface area contributed by atoms with Crippen molar-refractivity contribution in [1.82, 2.24) is 0 Å². The van der Waals surface area contributed by atoms with Crippen molar-refractivity contribution in [2.24, 2.45) is 0 Å². The average Bonchev–Trinajstić information content (AvgIpc) is 2.78. The van der Waals surface area contributed by atoms with Gasteiger partial charge < -0.3 is 14.9 Å². The van der Waals surface area contributed by atoms with E-state index in [2.05, 4.69) is 33.4 Å². The lowest BCUT2D eigenvalue weighted by atomic mass is 9.89. The standard InChI is InChI=1S/C26H46N2O2Si/c1-5-8-17-26(18-9-6-2,19-10-7-3)31(4)30-21-13-11-12-20-29-25-16-14-15-24(28)23(25)22-27/h14-16,31H,5-13,17-21,28H2,1-4H3. The van der Waals surface area contributed by atoms with Crippen molar-refractivity contribution in [3.8, 4) is 11.8 Å². The van der Waals surface area contributed by atoms with Crippen molar-refractivity contribution in [3.05, 3.63) is 23.8 Å². The van der Waals surface area contributed by atoms with Crippen LogP contribution in [-0.4, -0.2) is 22.3 Å². The molecule has 0 radical (unpaired) electrons. The van der Waals surface area contributed by atoms with Gasteiger partial charge in [-0.3, -0.25) is 0 Å². The quantitative estimate of drug-likeness (QED) is 0.145. The summed E-state index contributed by atoms with van der Waals surface area (Å²) in [5.41, 5.74) is 6.76. The van der Waals surface area contributed by atoms with E-state index in [4.69, 9.17) is 14.9 Å². The van der Waals surface area contributed by atoms with Gasteiger partial charge in [0.2, 0.25) is 0 Å². The van der Waals surface area contributed by atoms with E-state index in [-0.39, 0.29) is 0 Å². The highest BCUT2D eigenvalue weighted by atomic mass is 28.3. The molecule has 0 aromatic heterocycles. The van der Waals surface area contributed by atoms with Crippen LogP contribution in [0.15, 0.2) is 18.2 Å². The number of unbranched alkanes of at least 4 members (excludes halogenated alkanes) is 5. The largest absolute Gasteiger partial charge is 0.492 e. The van der Waals surface area contributed by atoms with E-state index in [0.717, 1.165) is 25.9 Å². The summed E-state index contributed by atoms with van der Waals surface area (Å²) in [5, 5.41) is 9.71. The molecule has 5 heteroatoms. The molecule has 1 unspecified atom stereocenters. The predicted octanol–water partition coefficient (Wildman–Crippen LogP) is 7.37. The Morgan fingerprint density at radius 3 is 2.03 bits per heavy atom. The number of ether oxygens (including phenoxy) is 1. The number of nitriles is 1. The van der Waals surface area contributed by atoms with Crippen LogP contribution in [0.3, 0.4) is 0 Å². The summed E-state index contributed by atoms with van der Waals surface area (Å²) in [4.78, 5) is 0. The third-order valence-corrected chi connectivity index (χ3v) is 9.86. The Hall–Kier alpha value is -1.51. The van der Waals surface area contributed by atoms with Crippen LogP contribution in [0.4, 0.5) is 5.69 Å². The molecule has 4 nitrogen and oxygen atoms in total. The van der Waals surface area contributed by atoms with E-state index in [1.807, 2.05) is 12.1 Å². The Balaban J connectivity index is 2.43. The number of hydrogen-bond donors (Lipinski definition) is 1. The second-order valence-electron chi connectivity index (χ2n) is 8.93. The van der Waals surface area contributed by atoms with Crippen molar-refractivity contribution < 1.29 is 9.16 Å². The number of anilines is 1. The van der Waals surface area contributed by atoms with E-state index in [0.29, 0.717) is 28.6 Å². The van der Waals surface area contributed by atoms with Gasteiger partial charge in [0.1, 0.15) is 17.4 Å². The number of nitrogens with zero attached hydrogens (tertiary/aromatic N) is 1. The van der Waals surface area contributed by atoms with E-state index in [9.17, 15) is 5.26 Å². The fourth-order valence-corrected chi connectivity index (χ4v) is 7.06. The van der Waals surface area contributed by atoms with Crippen LogP contribution in [0.25, 0.3) is 0 Å². The Kier molecular flexibility index (Phi) is 14.4. The SMILES string of the molecule is CCCCC(CCCC)(CCCC)[SiH](C)OCCCCCOc1cccc(N)c1C#N. The van der Waals surface area contributed by atoms with Crippen LogP contribution >= 0.6 is 0 Å². The van der Waals surface area contributed by atoms with Gasteiger partial charge in [-0.15, -0.1) is 0 Å². The maximum absolute atomic E-state index is 9.23. The molecule has 0 bridgehead atoms. The van der Waals surface area contributed by atoms with Gasteiger partial charge in [0.25, 0.3) is 0 Å². The number of hydrogen-bond acceptors (Lipinski definition) is 4. The van der Waals surface area contributed by atoms with E-state index in [1.54, 1.807) is 6.07 Å². The molecule has 0 saturated carbocycles. The molecule has 1 atom stereocenters. The fourth-order valence-electron chi connectivity index (χ4n) is 4.36. The summed E-state index contributed by atoms with van der Waals surface area (Å²) in [7, 11) is -1.25. The molecule has 1 rings (SSSR count). The molecular formula is C26H46N2O2Si. The molecular weight excluding hydrogens is 400 g/mol. The molecule has 1 aromatic carbocycles. The Morgan fingerprint density at radius 2 is 1.48 bits per heavy atom. The minimum Gasteiger partial charge on any atom is -0.492 e. The number of nitrogen functional groups attached to an aromatic ring is 1. The first-order valence-electron chi connectivity index (χ1n) is 12.6. The first-order valence-corrected chi connectivity index (χ1v) is 14.8. The molecule has 0 saturated heterocycles. The van der Waals surface area contributed by atoms with Crippen LogP contribution in [0, 0.1) is 11.3 Å². The van der Waals surface area contributed by atoms with Crippen LogP contribution in [0.2, 0.25) is 11.6 Å². The Labute approximate surface area is 193 Å². The van der Waals surface area contributed by atoms with Gasteiger partial charge in [-0.25, -0.2) is 0 Å². The van der Waals surface area contributed by atoms with Gasteiger partial charge in [-0.05, 0) is 62.2 Å².